The lowest BCUT2D eigenvalue weighted by Crippen LogP contribution is -2.51. The molecule has 1 saturated heterocycles. The van der Waals surface area contributed by atoms with Gasteiger partial charge in [-0.05, 0) is 30.5 Å². The largest absolute Gasteiger partial charge is 0.495 e. The number of carbonyl (C=O) groups excluding carboxylic acids is 1. The molecule has 18 heavy (non-hydrogen) atoms. The fraction of sp³-hybridized carbons (Fsp3) is 0.462. The number of hydrogen-bond acceptors (Lipinski definition) is 3. The summed E-state index contributed by atoms with van der Waals surface area (Å²) < 4.78 is 5.11. The molecule has 1 heterocycles. The van der Waals surface area contributed by atoms with Crippen LogP contribution < -0.4 is 15.4 Å². The normalized spacial score (nSPS) is 19.4. The van der Waals surface area contributed by atoms with Crippen molar-refractivity contribution in [1.29, 1.82) is 0 Å². The minimum Gasteiger partial charge on any atom is -0.495 e. The highest BCUT2D eigenvalue weighted by atomic mass is 35.5. The minimum absolute atomic E-state index is 0.0683. The standard InChI is InChI=1S/C13H17ClN2O2/c1-18-12-5-3-9(6-11(12)14)2-4-10-7-16-13(17)8-15-10/h3,5-6,10,15H,2,4,7-8H2,1H3,(H,16,17). The fourth-order valence-electron chi connectivity index (χ4n) is 2.02. The monoisotopic (exact) mass is 268 g/mol. The Morgan fingerprint density at radius 2 is 2.33 bits per heavy atom. The lowest BCUT2D eigenvalue weighted by Gasteiger charge is -2.24. The third-order valence-corrected chi connectivity index (χ3v) is 3.39. The summed E-state index contributed by atoms with van der Waals surface area (Å²) in [6.45, 7) is 1.11. The van der Waals surface area contributed by atoms with Gasteiger partial charge in [0.05, 0.1) is 18.7 Å². The molecule has 0 bridgehead atoms. The number of amides is 1. The highest BCUT2D eigenvalue weighted by Gasteiger charge is 2.16. The zero-order valence-electron chi connectivity index (χ0n) is 10.3. The zero-order valence-corrected chi connectivity index (χ0v) is 11.1. The Hall–Kier alpha value is -1.26. The number of ether oxygens (including phenoxy) is 1. The number of piperazine rings is 1. The zero-order chi connectivity index (χ0) is 13.0. The van der Waals surface area contributed by atoms with Gasteiger partial charge in [0.2, 0.25) is 5.91 Å². The van der Waals surface area contributed by atoms with Gasteiger partial charge >= 0.3 is 0 Å². The number of aryl methyl sites for hydroxylation is 1. The van der Waals surface area contributed by atoms with Crippen LogP contribution >= 0.6 is 11.6 Å². The quantitative estimate of drug-likeness (QED) is 0.867. The van der Waals surface area contributed by atoms with Crippen molar-refractivity contribution in [1.82, 2.24) is 10.6 Å². The Morgan fingerprint density at radius 1 is 1.50 bits per heavy atom. The predicted molar refractivity (Wildman–Crippen MR) is 71.1 cm³/mol. The molecule has 1 atom stereocenters. The van der Waals surface area contributed by atoms with Gasteiger partial charge in [0.25, 0.3) is 0 Å². The van der Waals surface area contributed by atoms with Crippen LogP contribution in [0.25, 0.3) is 0 Å². The first-order chi connectivity index (χ1) is 8.69. The maximum absolute atomic E-state index is 11.0. The Balaban J connectivity index is 1.86. The van der Waals surface area contributed by atoms with Crippen LogP contribution in [0.2, 0.25) is 5.02 Å². The average Bonchev–Trinajstić information content (AvgIpc) is 2.38. The van der Waals surface area contributed by atoms with Crippen molar-refractivity contribution in [3.05, 3.63) is 28.8 Å². The average molecular weight is 269 g/mol. The molecule has 2 rings (SSSR count). The second kappa shape index (κ2) is 6.07. The van der Waals surface area contributed by atoms with Crippen molar-refractivity contribution in [2.24, 2.45) is 0 Å². The van der Waals surface area contributed by atoms with Gasteiger partial charge in [-0.25, -0.2) is 0 Å². The highest BCUT2D eigenvalue weighted by Crippen LogP contribution is 2.25. The van der Waals surface area contributed by atoms with Crippen LogP contribution in [0.3, 0.4) is 0 Å². The molecule has 98 valence electrons. The lowest BCUT2D eigenvalue weighted by molar-refractivity contribution is -0.121. The van der Waals surface area contributed by atoms with E-state index in [9.17, 15) is 4.79 Å². The van der Waals surface area contributed by atoms with Crippen molar-refractivity contribution in [3.63, 3.8) is 0 Å². The van der Waals surface area contributed by atoms with Crippen LogP contribution in [0.4, 0.5) is 0 Å². The molecule has 0 aromatic heterocycles. The summed E-state index contributed by atoms with van der Waals surface area (Å²) in [5.41, 5.74) is 1.18. The molecule has 0 aliphatic carbocycles. The molecule has 5 heteroatoms. The van der Waals surface area contributed by atoms with Gasteiger partial charge in [-0.15, -0.1) is 0 Å². The second-order valence-electron chi connectivity index (χ2n) is 4.39. The van der Waals surface area contributed by atoms with E-state index in [4.69, 9.17) is 16.3 Å². The van der Waals surface area contributed by atoms with Gasteiger partial charge in [0.15, 0.2) is 0 Å². The summed E-state index contributed by atoms with van der Waals surface area (Å²) in [5, 5.41) is 6.70. The number of methoxy groups -OCH3 is 1. The summed E-state index contributed by atoms with van der Waals surface area (Å²) in [4.78, 5) is 11.0. The summed E-state index contributed by atoms with van der Waals surface area (Å²) in [7, 11) is 1.61. The number of carbonyl (C=O) groups is 1. The van der Waals surface area contributed by atoms with Crippen molar-refractivity contribution >= 4 is 17.5 Å². The Labute approximate surface area is 112 Å². The smallest absolute Gasteiger partial charge is 0.234 e. The first kappa shape index (κ1) is 13.2. The molecule has 0 spiro atoms. The highest BCUT2D eigenvalue weighted by molar-refractivity contribution is 6.32. The molecule has 1 aromatic rings. The van der Waals surface area contributed by atoms with Gasteiger partial charge in [-0.1, -0.05) is 17.7 Å². The molecule has 1 aliphatic heterocycles. The lowest BCUT2D eigenvalue weighted by atomic mass is 10.0. The number of halogens is 1. The molecule has 0 radical (unpaired) electrons. The van der Waals surface area contributed by atoms with E-state index in [2.05, 4.69) is 10.6 Å². The van der Waals surface area contributed by atoms with E-state index in [0.29, 0.717) is 29.9 Å². The molecule has 1 amide bonds. The number of rotatable bonds is 4. The molecule has 1 fully saturated rings. The van der Waals surface area contributed by atoms with E-state index in [-0.39, 0.29) is 5.91 Å². The summed E-state index contributed by atoms with van der Waals surface area (Å²) in [5.74, 6) is 0.766. The maximum Gasteiger partial charge on any atom is 0.234 e. The van der Waals surface area contributed by atoms with Crippen LogP contribution in [0.1, 0.15) is 12.0 Å². The minimum atomic E-state index is 0.0683. The van der Waals surface area contributed by atoms with Gasteiger partial charge in [-0.3, -0.25) is 4.79 Å². The number of benzene rings is 1. The SMILES string of the molecule is COc1ccc(CCC2CNC(=O)CN2)cc1Cl. The van der Waals surface area contributed by atoms with Gasteiger partial charge in [0.1, 0.15) is 5.75 Å². The first-order valence-electron chi connectivity index (χ1n) is 6.01. The van der Waals surface area contributed by atoms with Crippen LogP contribution in [-0.2, 0) is 11.2 Å². The van der Waals surface area contributed by atoms with Crippen LogP contribution in [-0.4, -0.2) is 32.1 Å². The molecular weight excluding hydrogens is 252 g/mol. The third-order valence-electron chi connectivity index (χ3n) is 3.09. The molecule has 1 aromatic carbocycles. The van der Waals surface area contributed by atoms with E-state index in [1.165, 1.54) is 5.56 Å². The topological polar surface area (TPSA) is 50.4 Å². The summed E-state index contributed by atoms with van der Waals surface area (Å²) in [6.07, 6.45) is 1.90. The first-order valence-corrected chi connectivity index (χ1v) is 6.39. The fourth-order valence-corrected chi connectivity index (χ4v) is 2.30. The maximum atomic E-state index is 11.0. The van der Waals surface area contributed by atoms with E-state index in [0.717, 1.165) is 12.8 Å². The molecule has 2 N–H and O–H groups in total. The Kier molecular flexibility index (Phi) is 4.44. The summed E-state index contributed by atoms with van der Waals surface area (Å²) >= 11 is 6.07. The predicted octanol–water partition coefficient (Wildman–Crippen LogP) is 1.37. The van der Waals surface area contributed by atoms with Gasteiger partial charge in [-0.2, -0.15) is 0 Å². The van der Waals surface area contributed by atoms with Gasteiger partial charge < -0.3 is 15.4 Å². The second-order valence-corrected chi connectivity index (χ2v) is 4.80. The van der Waals surface area contributed by atoms with E-state index < -0.39 is 0 Å². The molecule has 1 aliphatic rings. The van der Waals surface area contributed by atoms with Crippen molar-refractivity contribution in [2.75, 3.05) is 20.2 Å². The van der Waals surface area contributed by atoms with Crippen molar-refractivity contribution in [3.8, 4) is 5.75 Å². The molecular formula is C13H17ClN2O2. The summed E-state index contributed by atoms with van der Waals surface area (Å²) in [6, 6.07) is 6.17. The Bertz CT molecular complexity index is 427. The van der Waals surface area contributed by atoms with E-state index >= 15 is 0 Å². The van der Waals surface area contributed by atoms with Crippen LogP contribution in [0.5, 0.6) is 5.75 Å². The molecule has 0 saturated carbocycles. The van der Waals surface area contributed by atoms with Crippen molar-refractivity contribution in [2.45, 2.75) is 18.9 Å². The van der Waals surface area contributed by atoms with Crippen LogP contribution in [0, 0.1) is 0 Å². The molecule has 4 nitrogen and oxygen atoms in total. The van der Waals surface area contributed by atoms with E-state index in [1.807, 2.05) is 18.2 Å². The Morgan fingerprint density at radius 3 is 2.94 bits per heavy atom. The van der Waals surface area contributed by atoms with Crippen LogP contribution in [0.15, 0.2) is 18.2 Å². The van der Waals surface area contributed by atoms with Gasteiger partial charge in [0, 0.05) is 12.6 Å². The third kappa shape index (κ3) is 3.37. The van der Waals surface area contributed by atoms with Crippen molar-refractivity contribution < 1.29 is 9.53 Å². The molecule has 1 unspecified atom stereocenters. The number of nitrogens with one attached hydrogen (secondary N) is 2. The number of hydrogen-bond donors (Lipinski definition) is 2. The van der Waals surface area contributed by atoms with E-state index in [1.54, 1.807) is 7.11 Å².